The molecule has 20 nitrogen and oxygen atoms in total. The zero-order valence-electron chi connectivity index (χ0n) is 25.4. The minimum absolute atomic E-state index is 0.114. The van der Waals surface area contributed by atoms with Crippen molar-refractivity contribution in [2.24, 2.45) is 0 Å². The fraction of sp³-hybridized carbons (Fsp3) is 0.600. The molecule has 0 spiro atoms. The van der Waals surface area contributed by atoms with Gasteiger partial charge in [-0.3, -0.25) is 28.4 Å². The van der Waals surface area contributed by atoms with Crippen LogP contribution in [0, 0.1) is 0 Å². The number of fused-ring (bicyclic) bond motifs is 1. The Kier molecular flexibility index (Phi) is 11.0. The van der Waals surface area contributed by atoms with Gasteiger partial charge in [-0.15, -0.1) is 0 Å². The molecule has 0 radical (unpaired) electrons. The van der Waals surface area contributed by atoms with Gasteiger partial charge in [0.25, 0.3) is 5.56 Å². The van der Waals surface area contributed by atoms with E-state index in [9.17, 15) is 29.2 Å². The van der Waals surface area contributed by atoms with Crippen molar-refractivity contribution >= 4 is 41.3 Å². The number of H-pyrrole nitrogens is 2. The Bertz CT molecular complexity index is 1720. The number of methoxy groups -OCH3 is 1. The highest BCUT2D eigenvalue weighted by molar-refractivity contribution is 8.55. The maximum absolute atomic E-state index is 14.2. The first-order valence-corrected chi connectivity index (χ1v) is 17.4. The molecule has 5 heterocycles. The van der Waals surface area contributed by atoms with Crippen molar-refractivity contribution in [3.63, 3.8) is 0 Å². The number of nitrogens with zero attached hydrogens (tertiary/aromatic N) is 4. The minimum Gasteiger partial charge on any atom is -0.432 e. The highest BCUT2D eigenvalue weighted by Crippen LogP contribution is 2.63. The molecule has 0 aliphatic carbocycles. The predicted octanol–water partition coefficient (Wildman–Crippen LogP) is -0.307. The van der Waals surface area contributed by atoms with Gasteiger partial charge in [0, 0.05) is 37.2 Å². The van der Waals surface area contributed by atoms with Crippen molar-refractivity contribution in [2.45, 2.75) is 69.3 Å². The zero-order chi connectivity index (χ0) is 33.9. The molecule has 2 saturated heterocycles. The summed E-state index contributed by atoms with van der Waals surface area (Å²) in [6.07, 6.45) is -4.99. The normalized spacial score (nSPS) is 27.3. The average Bonchev–Trinajstić information content (AvgIpc) is 3.71. The van der Waals surface area contributed by atoms with Gasteiger partial charge in [0.05, 0.1) is 25.4 Å². The second kappa shape index (κ2) is 14.8. The number of aliphatic hydroxyl groups is 2. The molecule has 3 aromatic rings. The lowest BCUT2D eigenvalue weighted by Crippen LogP contribution is -2.40. The first-order valence-electron chi connectivity index (χ1n) is 14.3. The lowest BCUT2D eigenvalue weighted by molar-refractivity contribution is -0.738. The number of anilines is 1. The number of nitrogens with two attached hydrogens (primary N) is 1. The SMILES string of the molecule is CO[C@H]1C(O[P@@](=O)(OC[C@H]2O[C@@H]([n+]3c[nH]c4c(N)ncnc43)CC2O)SCOC(=O)OC(C)C)[C@@H](CO)O[C@H]1n1ccc(=O)[nH]c1=O. The number of ether oxygens (including phenoxy) is 5. The number of imidazole rings is 1. The second-order valence-corrected chi connectivity index (χ2v) is 14.6. The van der Waals surface area contributed by atoms with Crippen molar-refractivity contribution in [2.75, 3.05) is 32.0 Å². The third-order valence-electron chi connectivity index (χ3n) is 7.19. The van der Waals surface area contributed by atoms with Crippen LogP contribution in [-0.2, 0) is 37.3 Å². The van der Waals surface area contributed by atoms with Crippen LogP contribution in [0.4, 0.5) is 10.6 Å². The van der Waals surface area contributed by atoms with E-state index in [2.05, 4.69) is 19.9 Å². The molecule has 2 aliphatic heterocycles. The number of rotatable bonds is 13. The van der Waals surface area contributed by atoms with Crippen molar-refractivity contribution in [1.29, 1.82) is 0 Å². The van der Waals surface area contributed by atoms with Crippen LogP contribution in [0.15, 0.2) is 34.5 Å². The summed E-state index contributed by atoms with van der Waals surface area (Å²) in [5, 5.41) is 20.9. The summed E-state index contributed by atoms with van der Waals surface area (Å²) in [6, 6.07) is 1.09. The molecule has 2 unspecified atom stereocenters. The summed E-state index contributed by atoms with van der Waals surface area (Å²) in [7, 11) is 1.28. The van der Waals surface area contributed by atoms with Gasteiger partial charge in [0.15, 0.2) is 36.9 Å². The fourth-order valence-electron chi connectivity index (χ4n) is 5.04. The summed E-state index contributed by atoms with van der Waals surface area (Å²) >= 11 is 0.481. The van der Waals surface area contributed by atoms with Crippen molar-refractivity contribution in [3.8, 4) is 0 Å². The van der Waals surface area contributed by atoms with Gasteiger partial charge >= 0.3 is 24.3 Å². The number of nitrogen functional groups attached to an aromatic ring is 1. The number of nitrogens with one attached hydrogen (secondary N) is 2. The van der Waals surface area contributed by atoms with E-state index in [-0.39, 0.29) is 12.2 Å². The van der Waals surface area contributed by atoms with E-state index in [1.54, 1.807) is 24.7 Å². The van der Waals surface area contributed by atoms with Crippen molar-refractivity contribution < 1.29 is 56.9 Å². The van der Waals surface area contributed by atoms with Crippen LogP contribution in [0.5, 0.6) is 0 Å². The van der Waals surface area contributed by atoms with Gasteiger partial charge in [-0.25, -0.2) is 18.7 Å². The molecule has 6 N–H and O–H groups in total. The van der Waals surface area contributed by atoms with E-state index < -0.39 is 92.4 Å². The van der Waals surface area contributed by atoms with Crippen LogP contribution in [0.2, 0.25) is 0 Å². The van der Waals surface area contributed by atoms with Gasteiger partial charge < -0.3 is 39.6 Å². The average molecular weight is 705 g/mol. The van der Waals surface area contributed by atoms with Crippen LogP contribution in [-0.4, -0.2) is 104 Å². The summed E-state index contributed by atoms with van der Waals surface area (Å²) in [5.41, 5.74) is 5.35. The van der Waals surface area contributed by atoms with Crippen LogP contribution >= 0.6 is 18.2 Å². The molecule has 8 atom stereocenters. The first-order chi connectivity index (χ1) is 22.4. The lowest BCUT2D eigenvalue weighted by atomic mass is 10.1. The van der Waals surface area contributed by atoms with Gasteiger partial charge in [0.1, 0.15) is 24.4 Å². The van der Waals surface area contributed by atoms with Crippen LogP contribution in [0.25, 0.3) is 11.2 Å². The largest absolute Gasteiger partial charge is 0.509 e. The number of aromatic nitrogens is 6. The Balaban J connectivity index is 1.34. The quantitative estimate of drug-likeness (QED) is 0.0661. The first kappa shape index (κ1) is 34.9. The molecule has 5 rings (SSSR count). The molecule has 258 valence electrons. The van der Waals surface area contributed by atoms with Gasteiger partial charge in [-0.2, -0.15) is 4.98 Å². The van der Waals surface area contributed by atoms with Crippen molar-refractivity contribution in [3.05, 3.63) is 45.8 Å². The molecule has 0 saturated carbocycles. The Hall–Kier alpha value is -3.40. The standard InChI is InChI=1S/C25H34N7O13PS/c1-12(2)42-25(37)40-11-47-46(38,45-19-14(7-33)44-23(20(19)39-3)31-5-4-16(35)30-24(31)36)41-8-15-13(34)6-17(43-15)32-10-29-18-21(26)27-9-28-22(18)32/h4-5,9-10,12-15,17,19-20,23,33-34H,6-8,11H2,1-3H3,(H3,26,27,28,30,35,36)/p+1/t13?,14-,15-,17-,19?,20+,23-,46-/m1/s1. The van der Waals surface area contributed by atoms with E-state index in [1.807, 2.05) is 0 Å². The molecule has 0 amide bonds. The van der Waals surface area contributed by atoms with Gasteiger partial charge in [-0.1, -0.05) is 4.98 Å². The molecule has 2 fully saturated rings. The summed E-state index contributed by atoms with van der Waals surface area (Å²) < 4.78 is 55.9. The summed E-state index contributed by atoms with van der Waals surface area (Å²) in [6.45, 7) is -2.24. The zero-order valence-corrected chi connectivity index (χ0v) is 27.1. The lowest BCUT2D eigenvalue weighted by Gasteiger charge is -2.27. The molecule has 2 aliphatic rings. The molecule has 47 heavy (non-hydrogen) atoms. The van der Waals surface area contributed by atoms with Crippen molar-refractivity contribution in [1.82, 2.24) is 24.5 Å². The molecular weight excluding hydrogens is 669 g/mol. The van der Waals surface area contributed by atoms with E-state index in [1.165, 1.54) is 19.6 Å². The Morgan fingerprint density at radius 2 is 2.06 bits per heavy atom. The number of aliphatic hydroxyl groups excluding tert-OH is 2. The van der Waals surface area contributed by atoms with Crippen LogP contribution < -0.4 is 21.5 Å². The van der Waals surface area contributed by atoms with E-state index >= 15 is 0 Å². The second-order valence-electron chi connectivity index (χ2n) is 10.7. The van der Waals surface area contributed by atoms with Gasteiger partial charge in [-0.05, 0) is 13.8 Å². The third-order valence-corrected chi connectivity index (χ3v) is 10.5. The molecule has 0 aromatic carbocycles. The van der Waals surface area contributed by atoms with Crippen LogP contribution in [0.3, 0.4) is 0 Å². The number of carbonyl (C=O) groups is 1. The summed E-state index contributed by atoms with van der Waals surface area (Å²) in [4.78, 5) is 49.3. The third kappa shape index (κ3) is 7.85. The molecule has 3 aromatic heterocycles. The molecule has 22 heteroatoms. The predicted molar refractivity (Wildman–Crippen MR) is 160 cm³/mol. The topological polar surface area (TPSA) is 266 Å². The Morgan fingerprint density at radius 1 is 1.28 bits per heavy atom. The monoisotopic (exact) mass is 704 g/mol. The molecule has 0 bridgehead atoms. The Labute approximate surface area is 269 Å². The maximum atomic E-state index is 14.2. The maximum Gasteiger partial charge on any atom is 0.509 e. The van der Waals surface area contributed by atoms with E-state index in [4.69, 9.17) is 38.5 Å². The molecular formula is C25H35N7O13PS+. The highest BCUT2D eigenvalue weighted by Gasteiger charge is 2.51. The number of aromatic amines is 2. The van der Waals surface area contributed by atoms with Gasteiger partial charge in [0.2, 0.25) is 5.52 Å². The highest BCUT2D eigenvalue weighted by atomic mass is 32.7. The Morgan fingerprint density at radius 3 is 2.77 bits per heavy atom. The number of carbonyl (C=O) groups excluding carboxylic acids is 1. The number of hydrogen-bond acceptors (Lipinski definition) is 17. The van der Waals surface area contributed by atoms with Crippen LogP contribution in [0.1, 0.15) is 32.7 Å². The van der Waals surface area contributed by atoms with E-state index in [0.717, 1.165) is 10.6 Å². The minimum atomic E-state index is -4.38. The fourth-order valence-corrected chi connectivity index (χ4v) is 7.83. The van der Waals surface area contributed by atoms with E-state index in [0.29, 0.717) is 22.5 Å². The summed E-state index contributed by atoms with van der Waals surface area (Å²) in [5.74, 6) is -0.315. The smallest absolute Gasteiger partial charge is 0.432 e. The number of hydrogen-bond donors (Lipinski definition) is 5.